The Kier molecular flexibility index (Phi) is 4.49. The van der Waals surface area contributed by atoms with Gasteiger partial charge in [-0.1, -0.05) is 13.3 Å². The van der Waals surface area contributed by atoms with E-state index in [0.29, 0.717) is 0 Å². The normalized spacial score (nSPS) is 11.1. The van der Waals surface area contributed by atoms with Crippen LogP contribution in [0, 0.1) is 5.82 Å². The Hall–Kier alpha value is -1.58. The molecule has 3 nitrogen and oxygen atoms in total. The van der Waals surface area contributed by atoms with Crippen LogP contribution in [-0.2, 0) is 4.74 Å². The van der Waals surface area contributed by atoms with Gasteiger partial charge in [-0.05, 0) is 44.5 Å². The van der Waals surface area contributed by atoms with Crippen LogP contribution < -0.4 is 4.74 Å². The topological polar surface area (TPSA) is 35.5 Å². The molecule has 17 heavy (non-hydrogen) atoms. The van der Waals surface area contributed by atoms with Gasteiger partial charge in [0.1, 0.15) is 17.2 Å². The van der Waals surface area contributed by atoms with Crippen molar-refractivity contribution >= 4 is 6.16 Å². The zero-order valence-electron chi connectivity index (χ0n) is 10.3. The molecule has 94 valence electrons. The van der Waals surface area contributed by atoms with E-state index in [-0.39, 0.29) is 11.6 Å². The van der Waals surface area contributed by atoms with Gasteiger partial charge in [0, 0.05) is 0 Å². The van der Waals surface area contributed by atoms with E-state index in [1.54, 1.807) is 0 Å². The number of halogens is 1. The lowest BCUT2D eigenvalue weighted by Gasteiger charge is -2.23. The summed E-state index contributed by atoms with van der Waals surface area (Å²) in [6.45, 7) is 5.65. The van der Waals surface area contributed by atoms with Gasteiger partial charge in [-0.25, -0.2) is 9.18 Å². The first-order valence-electron chi connectivity index (χ1n) is 5.59. The molecule has 0 saturated carbocycles. The summed E-state index contributed by atoms with van der Waals surface area (Å²) in [5.41, 5.74) is -0.550. The minimum atomic E-state index is -0.768. The quantitative estimate of drug-likeness (QED) is 0.591. The molecule has 1 aromatic rings. The largest absolute Gasteiger partial charge is 0.514 e. The maximum Gasteiger partial charge on any atom is 0.514 e. The summed E-state index contributed by atoms with van der Waals surface area (Å²) in [4.78, 5) is 11.4. The molecule has 0 aromatic heterocycles. The van der Waals surface area contributed by atoms with Gasteiger partial charge in [-0.3, -0.25) is 0 Å². The molecule has 0 aliphatic carbocycles. The van der Waals surface area contributed by atoms with Crippen LogP contribution in [0.15, 0.2) is 24.3 Å². The van der Waals surface area contributed by atoms with Gasteiger partial charge in [-0.15, -0.1) is 0 Å². The lowest BCUT2D eigenvalue weighted by Crippen LogP contribution is -2.29. The molecular weight excluding hydrogens is 223 g/mol. The molecule has 0 bridgehead atoms. The molecule has 1 rings (SSSR count). The van der Waals surface area contributed by atoms with Crippen LogP contribution >= 0.6 is 0 Å². The Labute approximate surface area is 101 Å². The zero-order valence-corrected chi connectivity index (χ0v) is 10.3. The smallest absolute Gasteiger partial charge is 0.428 e. The van der Waals surface area contributed by atoms with Crippen LogP contribution in [0.5, 0.6) is 5.75 Å². The fourth-order valence-electron chi connectivity index (χ4n) is 1.50. The van der Waals surface area contributed by atoms with Gasteiger partial charge in [0.05, 0.1) is 0 Å². The number of hydrogen-bond acceptors (Lipinski definition) is 3. The Morgan fingerprint density at radius 1 is 1.29 bits per heavy atom. The molecule has 0 unspecified atom stereocenters. The van der Waals surface area contributed by atoms with Gasteiger partial charge in [0.2, 0.25) is 0 Å². The number of carbonyl (C=O) groups excluding carboxylic acids is 1. The monoisotopic (exact) mass is 240 g/mol. The minimum Gasteiger partial charge on any atom is -0.428 e. The second-order valence-corrected chi connectivity index (χ2v) is 4.42. The second-order valence-electron chi connectivity index (χ2n) is 4.42. The Morgan fingerprint density at radius 2 is 1.88 bits per heavy atom. The highest BCUT2D eigenvalue weighted by Crippen LogP contribution is 2.19. The molecule has 0 saturated heterocycles. The molecule has 0 heterocycles. The molecule has 1 aromatic carbocycles. The Balaban J connectivity index is 2.52. The SMILES string of the molecule is CCCC(C)(C)OC(=O)Oc1ccc(F)cc1. The van der Waals surface area contributed by atoms with Crippen LogP contribution in [0.25, 0.3) is 0 Å². The van der Waals surface area contributed by atoms with Gasteiger partial charge in [0.15, 0.2) is 0 Å². The third kappa shape index (κ3) is 4.85. The van der Waals surface area contributed by atoms with Gasteiger partial charge < -0.3 is 9.47 Å². The summed E-state index contributed by atoms with van der Waals surface area (Å²) in [7, 11) is 0. The third-order valence-corrected chi connectivity index (χ3v) is 2.23. The van der Waals surface area contributed by atoms with Crippen molar-refractivity contribution in [2.75, 3.05) is 0 Å². The van der Waals surface area contributed by atoms with Crippen molar-refractivity contribution in [3.05, 3.63) is 30.1 Å². The molecule has 0 aliphatic heterocycles. The zero-order chi connectivity index (χ0) is 12.9. The van der Waals surface area contributed by atoms with E-state index in [1.807, 2.05) is 20.8 Å². The summed E-state index contributed by atoms with van der Waals surface area (Å²) >= 11 is 0. The van der Waals surface area contributed by atoms with E-state index < -0.39 is 11.8 Å². The van der Waals surface area contributed by atoms with Crippen LogP contribution in [0.1, 0.15) is 33.6 Å². The third-order valence-electron chi connectivity index (χ3n) is 2.23. The molecule has 4 heteroatoms. The van der Waals surface area contributed by atoms with Crippen LogP contribution in [0.4, 0.5) is 9.18 Å². The maximum atomic E-state index is 12.6. The average molecular weight is 240 g/mol. The summed E-state index contributed by atoms with van der Waals surface area (Å²) in [5, 5.41) is 0. The predicted molar refractivity (Wildman–Crippen MR) is 62.5 cm³/mol. The first-order chi connectivity index (χ1) is 7.93. The second kappa shape index (κ2) is 5.66. The first kappa shape index (κ1) is 13.5. The van der Waals surface area contributed by atoms with Crippen LogP contribution in [-0.4, -0.2) is 11.8 Å². The molecular formula is C13H17FO3. The summed E-state index contributed by atoms with van der Waals surface area (Å²) < 4.78 is 22.7. The van der Waals surface area contributed by atoms with E-state index >= 15 is 0 Å². The van der Waals surface area contributed by atoms with E-state index in [1.165, 1.54) is 24.3 Å². The lowest BCUT2D eigenvalue weighted by atomic mass is 10.0. The number of benzene rings is 1. The van der Waals surface area contributed by atoms with E-state index in [9.17, 15) is 9.18 Å². The Bertz CT molecular complexity index is 371. The van der Waals surface area contributed by atoms with Gasteiger partial charge in [0.25, 0.3) is 0 Å². The maximum absolute atomic E-state index is 12.6. The van der Waals surface area contributed by atoms with Crippen LogP contribution in [0.2, 0.25) is 0 Å². The lowest BCUT2D eigenvalue weighted by molar-refractivity contribution is 0.00384. The first-order valence-corrected chi connectivity index (χ1v) is 5.59. The van der Waals surface area contributed by atoms with Crippen molar-refractivity contribution in [3.63, 3.8) is 0 Å². The fraction of sp³-hybridized carbons (Fsp3) is 0.462. The predicted octanol–water partition coefficient (Wildman–Crippen LogP) is 3.92. The highest BCUT2D eigenvalue weighted by molar-refractivity contribution is 5.64. The van der Waals surface area contributed by atoms with Crippen molar-refractivity contribution in [3.8, 4) is 5.75 Å². The fourth-order valence-corrected chi connectivity index (χ4v) is 1.50. The number of rotatable bonds is 4. The molecule has 0 N–H and O–H groups in total. The van der Waals surface area contributed by atoms with Crippen molar-refractivity contribution in [2.24, 2.45) is 0 Å². The average Bonchev–Trinajstić information content (AvgIpc) is 2.20. The van der Waals surface area contributed by atoms with E-state index in [2.05, 4.69) is 0 Å². The van der Waals surface area contributed by atoms with Crippen molar-refractivity contribution in [2.45, 2.75) is 39.2 Å². The van der Waals surface area contributed by atoms with Crippen molar-refractivity contribution < 1.29 is 18.7 Å². The van der Waals surface area contributed by atoms with Gasteiger partial charge >= 0.3 is 6.16 Å². The molecule has 0 atom stereocenters. The number of carbonyl (C=O) groups is 1. The summed E-state index contributed by atoms with van der Waals surface area (Å²) in [6.07, 6.45) is 0.901. The molecule has 0 aliphatic rings. The minimum absolute atomic E-state index is 0.267. The number of hydrogen-bond donors (Lipinski definition) is 0. The van der Waals surface area contributed by atoms with E-state index in [0.717, 1.165) is 12.8 Å². The van der Waals surface area contributed by atoms with E-state index in [4.69, 9.17) is 9.47 Å². The Morgan fingerprint density at radius 3 is 2.41 bits per heavy atom. The number of ether oxygens (including phenoxy) is 2. The summed E-state index contributed by atoms with van der Waals surface area (Å²) in [6, 6.07) is 5.20. The molecule has 0 radical (unpaired) electrons. The van der Waals surface area contributed by atoms with Crippen molar-refractivity contribution in [1.29, 1.82) is 0 Å². The molecule has 0 spiro atoms. The highest BCUT2D eigenvalue weighted by Gasteiger charge is 2.23. The van der Waals surface area contributed by atoms with Crippen molar-refractivity contribution in [1.82, 2.24) is 0 Å². The molecule has 0 amide bonds. The molecule has 0 fully saturated rings. The standard InChI is InChI=1S/C13H17FO3/c1-4-9-13(2,3)17-12(15)16-11-7-5-10(14)6-8-11/h5-8H,4,9H2,1-3H3. The highest BCUT2D eigenvalue weighted by atomic mass is 19.1. The van der Waals surface area contributed by atoms with Gasteiger partial charge in [-0.2, -0.15) is 0 Å². The van der Waals surface area contributed by atoms with Crippen LogP contribution in [0.3, 0.4) is 0 Å². The summed E-state index contributed by atoms with van der Waals surface area (Å²) in [5.74, 6) is -0.110.